The van der Waals surface area contributed by atoms with Crippen LogP contribution in [0.5, 0.6) is 0 Å². The molecule has 1 N–H and O–H groups in total. The fourth-order valence-electron chi connectivity index (χ4n) is 4.08. The highest BCUT2D eigenvalue weighted by atomic mass is 35.5. The van der Waals surface area contributed by atoms with Crippen molar-refractivity contribution in [1.82, 2.24) is 10.2 Å². The highest BCUT2D eigenvalue weighted by Crippen LogP contribution is 2.30. The molecule has 0 saturated heterocycles. The normalized spacial score (nSPS) is 12.5. The van der Waals surface area contributed by atoms with Crippen molar-refractivity contribution in [2.75, 3.05) is 10.8 Å². The Morgan fingerprint density at radius 3 is 1.95 bits per heavy atom. The second-order valence-electron chi connectivity index (χ2n) is 10.1. The second-order valence-corrected chi connectivity index (χ2v) is 12.9. The summed E-state index contributed by atoms with van der Waals surface area (Å²) in [5, 5.41) is 3.38. The van der Waals surface area contributed by atoms with E-state index >= 15 is 0 Å². The number of rotatable bonds is 10. The molecule has 39 heavy (non-hydrogen) atoms. The Morgan fingerprint density at radius 2 is 1.44 bits per heavy atom. The highest BCUT2D eigenvalue weighted by molar-refractivity contribution is 7.92. The average molecular weight is 591 g/mol. The van der Waals surface area contributed by atoms with Crippen molar-refractivity contribution in [2.45, 2.75) is 57.1 Å². The summed E-state index contributed by atoms with van der Waals surface area (Å²) in [7, 11) is -4.20. The highest BCUT2D eigenvalue weighted by Gasteiger charge is 2.34. The van der Waals surface area contributed by atoms with Gasteiger partial charge >= 0.3 is 0 Å². The Kier molecular flexibility index (Phi) is 10.0. The van der Waals surface area contributed by atoms with Gasteiger partial charge in [-0.2, -0.15) is 0 Å². The molecule has 3 aromatic rings. The molecular weight excluding hydrogens is 557 g/mol. The average Bonchev–Trinajstić information content (AvgIpc) is 2.86. The van der Waals surface area contributed by atoms with Crippen LogP contribution in [-0.2, 0) is 26.2 Å². The van der Waals surface area contributed by atoms with Crippen LogP contribution in [0.15, 0.2) is 83.8 Å². The number of hydrogen-bond acceptors (Lipinski definition) is 4. The molecule has 0 aliphatic rings. The summed E-state index contributed by atoms with van der Waals surface area (Å²) in [5.74, 6) is -0.872. The fraction of sp³-hybridized carbons (Fsp3) is 0.310. The molecule has 0 aliphatic heterocycles. The third kappa shape index (κ3) is 8.21. The van der Waals surface area contributed by atoms with E-state index in [9.17, 15) is 18.0 Å². The number of benzene rings is 3. The van der Waals surface area contributed by atoms with Gasteiger partial charge in [-0.05, 0) is 63.1 Å². The van der Waals surface area contributed by atoms with E-state index in [1.165, 1.54) is 35.2 Å². The van der Waals surface area contributed by atoms with E-state index in [1.54, 1.807) is 18.2 Å². The van der Waals surface area contributed by atoms with Gasteiger partial charge in [0.1, 0.15) is 12.6 Å². The topological polar surface area (TPSA) is 86.8 Å². The SMILES string of the molecule is CC[C@@H](C(=O)NC(C)(C)C)N(Cc1ccccc1)C(=O)CN(c1cc(Cl)cc(Cl)c1)S(=O)(=O)c1ccccc1. The molecule has 3 aromatic carbocycles. The number of carbonyl (C=O) groups is 2. The molecule has 1 atom stereocenters. The van der Waals surface area contributed by atoms with E-state index in [1.807, 2.05) is 58.0 Å². The Bertz CT molecular complexity index is 1370. The number of anilines is 1. The van der Waals surface area contributed by atoms with E-state index in [2.05, 4.69) is 5.32 Å². The van der Waals surface area contributed by atoms with Crippen molar-refractivity contribution in [3.05, 3.63) is 94.5 Å². The van der Waals surface area contributed by atoms with Crippen molar-refractivity contribution in [3.8, 4) is 0 Å². The Morgan fingerprint density at radius 1 is 0.897 bits per heavy atom. The summed E-state index contributed by atoms with van der Waals surface area (Å²) in [6, 6.07) is 20.6. The van der Waals surface area contributed by atoms with Crippen LogP contribution in [0.25, 0.3) is 0 Å². The summed E-state index contributed by atoms with van der Waals surface area (Å²) >= 11 is 12.4. The zero-order valence-corrected chi connectivity index (χ0v) is 24.7. The first-order chi connectivity index (χ1) is 18.3. The summed E-state index contributed by atoms with van der Waals surface area (Å²) in [6.45, 7) is 6.94. The summed E-state index contributed by atoms with van der Waals surface area (Å²) in [6.07, 6.45) is 0.328. The lowest BCUT2D eigenvalue weighted by molar-refractivity contribution is -0.141. The summed E-state index contributed by atoms with van der Waals surface area (Å²) in [5.41, 5.74) is 0.416. The summed E-state index contributed by atoms with van der Waals surface area (Å²) < 4.78 is 28.6. The van der Waals surface area contributed by atoms with Crippen molar-refractivity contribution in [1.29, 1.82) is 0 Å². The van der Waals surface area contributed by atoms with Gasteiger partial charge in [-0.15, -0.1) is 0 Å². The monoisotopic (exact) mass is 589 g/mol. The number of hydrogen-bond donors (Lipinski definition) is 1. The standard InChI is InChI=1S/C29H33Cl2N3O4S/c1-5-26(28(36)32-29(2,3)4)33(19-21-12-8-6-9-13-21)27(35)20-34(24-17-22(30)16-23(31)18-24)39(37,38)25-14-10-7-11-15-25/h6-18,26H,5,19-20H2,1-4H3,(H,32,36)/t26-/m0/s1. The molecular formula is C29H33Cl2N3O4S. The molecule has 0 bridgehead atoms. The predicted molar refractivity (Wildman–Crippen MR) is 156 cm³/mol. The molecule has 0 radical (unpaired) electrons. The lowest BCUT2D eigenvalue weighted by Gasteiger charge is -2.34. The number of amides is 2. The first-order valence-electron chi connectivity index (χ1n) is 12.5. The van der Waals surface area contributed by atoms with Gasteiger partial charge in [0.25, 0.3) is 10.0 Å². The van der Waals surface area contributed by atoms with Crippen LogP contribution < -0.4 is 9.62 Å². The number of sulfonamides is 1. The van der Waals surface area contributed by atoms with Crippen LogP contribution in [-0.4, -0.2) is 43.3 Å². The number of carbonyl (C=O) groups excluding carboxylic acids is 2. The molecule has 0 fully saturated rings. The third-order valence-corrected chi connectivity index (χ3v) is 8.05. The van der Waals surface area contributed by atoms with Crippen LogP contribution in [0.4, 0.5) is 5.69 Å². The minimum absolute atomic E-state index is 0.000949. The van der Waals surface area contributed by atoms with Crippen molar-refractivity contribution in [2.24, 2.45) is 0 Å². The van der Waals surface area contributed by atoms with Gasteiger partial charge < -0.3 is 10.2 Å². The lowest BCUT2D eigenvalue weighted by atomic mass is 10.1. The van der Waals surface area contributed by atoms with E-state index < -0.39 is 34.1 Å². The van der Waals surface area contributed by atoms with Crippen LogP contribution in [0.3, 0.4) is 0 Å². The van der Waals surface area contributed by atoms with E-state index in [0.29, 0.717) is 6.42 Å². The van der Waals surface area contributed by atoms with Gasteiger partial charge in [0, 0.05) is 22.1 Å². The van der Waals surface area contributed by atoms with Gasteiger partial charge in [0.05, 0.1) is 10.6 Å². The molecule has 10 heteroatoms. The molecule has 0 spiro atoms. The third-order valence-electron chi connectivity index (χ3n) is 5.83. The zero-order valence-electron chi connectivity index (χ0n) is 22.4. The molecule has 7 nitrogen and oxygen atoms in total. The van der Waals surface area contributed by atoms with Crippen molar-refractivity contribution >= 4 is 50.7 Å². The number of halogens is 2. The Hall–Kier alpha value is -3.07. The minimum Gasteiger partial charge on any atom is -0.350 e. The Labute approximate surface area is 240 Å². The first-order valence-corrected chi connectivity index (χ1v) is 14.7. The minimum atomic E-state index is -4.20. The van der Waals surface area contributed by atoms with Gasteiger partial charge in [0.15, 0.2) is 0 Å². The molecule has 208 valence electrons. The molecule has 0 aromatic heterocycles. The lowest BCUT2D eigenvalue weighted by Crippen LogP contribution is -2.55. The molecule has 0 heterocycles. The molecule has 0 unspecified atom stereocenters. The largest absolute Gasteiger partial charge is 0.350 e. The van der Waals surface area contributed by atoms with Gasteiger partial charge in [-0.1, -0.05) is 78.7 Å². The van der Waals surface area contributed by atoms with Crippen LogP contribution in [0, 0.1) is 0 Å². The van der Waals surface area contributed by atoms with Crippen molar-refractivity contribution in [3.63, 3.8) is 0 Å². The van der Waals surface area contributed by atoms with Gasteiger partial charge in [0.2, 0.25) is 11.8 Å². The van der Waals surface area contributed by atoms with Gasteiger partial charge in [-0.3, -0.25) is 13.9 Å². The quantitative estimate of drug-likeness (QED) is 0.318. The van der Waals surface area contributed by atoms with E-state index in [-0.39, 0.29) is 33.1 Å². The second kappa shape index (κ2) is 12.9. The van der Waals surface area contributed by atoms with E-state index in [0.717, 1.165) is 9.87 Å². The summed E-state index contributed by atoms with van der Waals surface area (Å²) in [4.78, 5) is 28.8. The predicted octanol–water partition coefficient (Wildman–Crippen LogP) is 5.91. The van der Waals surface area contributed by atoms with E-state index in [4.69, 9.17) is 23.2 Å². The maximum absolute atomic E-state index is 14.0. The fourth-order valence-corrected chi connectivity index (χ4v) is 6.02. The molecule has 3 rings (SSSR count). The maximum Gasteiger partial charge on any atom is 0.264 e. The number of nitrogens with one attached hydrogen (secondary N) is 1. The smallest absolute Gasteiger partial charge is 0.264 e. The van der Waals surface area contributed by atoms with Gasteiger partial charge in [-0.25, -0.2) is 8.42 Å². The van der Waals surface area contributed by atoms with Crippen LogP contribution in [0.2, 0.25) is 10.0 Å². The van der Waals surface area contributed by atoms with Crippen molar-refractivity contribution < 1.29 is 18.0 Å². The van der Waals surface area contributed by atoms with Crippen LogP contribution in [0.1, 0.15) is 39.7 Å². The zero-order chi connectivity index (χ0) is 28.8. The molecule has 0 saturated carbocycles. The van der Waals surface area contributed by atoms with Crippen LogP contribution >= 0.6 is 23.2 Å². The molecule has 2 amide bonds. The first kappa shape index (κ1) is 30.5. The maximum atomic E-state index is 14.0. The Balaban J connectivity index is 2.08. The number of nitrogens with zero attached hydrogens (tertiary/aromatic N) is 2. The molecule has 0 aliphatic carbocycles.